The Morgan fingerprint density at radius 1 is 0.950 bits per heavy atom. The first-order valence-electron chi connectivity index (χ1n) is 20.7. The monoisotopic (exact) mass is 821 g/mol. The predicted molar refractivity (Wildman–Crippen MR) is 220 cm³/mol. The van der Waals surface area contributed by atoms with Crippen molar-refractivity contribution in [3.05, 3.63) is 88.2 Å². The summed E-state index contributed by atoms with van der Waals surface area (Å²) in [7, 11) is 1.82. The summed E-state index contributed by atoms with van der Waals surface area (Å²) in [6.07, 6.45) is 5.49. The van der Waals surface area contributed by atoms with E-state index >= 15 is 0 Å². The third kappa shape index (κ3) is 8.65. The standard InChI is InChI=1S/C44H49F2N9O5/c1-26-7-6-18-60-43-32(24-47-52(43)3)36-22-30(19-27(2)48-36)40(57)51-44-49-35-11-9-29(23-37(35)55(44)25-26)42(59)54-16-14-53(15-17-54)13-5-4-8-28-20-33(45)39(34(46)21-28)31-10-12-38(56)50-41(31)58/h9,11,19-24,26,31H,4-8,10,12-18,25H2,1-3H3,(H,49,51,57)(H,50,56,58)/t26-,31-/m1/s1. The molecule has 2 atom stereocenters. The van der Waals surface area contributed by atoms with Crippen molar-refractivity contribution in [2.45, 2.75) is 71.3 Å². The fourth-order valence-corrected chi connectivity index (χ4v) is 8.53. The molecule has 3 aliphatic heterocycles. The molecular weight excluding hydrogens is 773 g/mol. The summed E-state index contributed by atoms with van der Waals surface area (Å²) < 4.78 is 39.8. The lowest BCUT2D eigenvalue weighted by Crippen LogP contribution is -2.48. The van der Waals surface area contributed by atoms with E-state index in [0.717, 1.165) is 31.3 Å². The van der Waals surface area contributed by atoms with Gasteiger partial charge < -0.3 is 14.2 Å². The number of amides is 4. The normalized spacial score (nSPS) is 19.1. The summed E-state index contributed by atoms with van der Waals surface area (Å²) in [5.41, 5.74) is 4.63. The lowest BCUT2D eigenvalue weighted by atomic mass is 9.88. The molecule has 16 heteroatoms. The van der Waals surface area contributed by atoms with Crippen LogP contribution in [0.15, 0.2) is 48.7 Å². The van der Waals surface area contributed by atoms with Gasteiger partial charge in [-0.25, -0.2) is 18.4 Å². The average Bonchev–Trinajstić information content (AvgIpc) is 3.76. The third-order valence-electron chi connectivity index (χ3n) is 11.7. The quantitative estimate of drug-likeness (QED) is 0.154. The van der Waals surface area contributed by atoms with Crippen LogP contribution in [-0.4, -0.2) is 97.1 Å². The molecule has 2 N–H and O–H groups in total. The number of rotatable bonds is 7. The number of aromatic nitrogens is 5. The molecule has 0 aliphatic carbocycles. The van der Waals surface area contributed by atoms with E-state index in [1.807, 2.05) is 35.6 Å². The second kappa shape index (κ2) is 17.3. The van der Waals surface area contributed by atoms with Crippen LogP contribution in [0.25, 0.3) is 22.3 Å². The van der Waals surface area contributed by atoms with E-state index in [1.165, 1.54) is 12.1 Å². The smallest absolute Gasteiger partial charge is 0.258 e. The summed E-state index contributed by atoms with van der Waals surface area (Å²) in [5, 5.41) is 9.60. The van der Waals surface area contributed by atoms with Crippen LogP contribution in [0.1, 0.15) is 88.9 Å². The molecular formula is C44H49F2N9O5. The molecule has 2 bridgehead atoms. The highest BCUT2D eigenvalue weighted by Crippen LogP contribution is 2.32. The molecule has 14 nitrogen and oxygen atoms in total. The first-order chi connectivity index (χ1) is 28.9. The Balaban J connectivity index is 0.901. The highest BCUT2D eigenvalue weighted by molar-refractivity contribution is 6.05. The number of aryl methyl sites for hydroxylation is 3. The Bertz CT molecular complexity index is 2450. The van der Waals surface area contributed by atoms with Crippen LogP contribution in [0, 0.1) is 24.5 Å². The number of hydrogen-bond acceptors (Lipinski definition) is 9. The van der Waals surface area contributed by atoms with Gasteiger partial charge in [0.2, 0.25) is 23.6 Å². The molecule has 8 rings (SSSR count). The van der Waals surface area contributed by atoms with Gasteiger partial charge in [0.1, 0.15) is 11.6 Å². The molecule has 60 heavy (non-hydrogen) atoms. The number of piperazine rings is 1. The van der Waals surface area contributed by atoms with E-state index in [-0.39, 0.29) is 36.1 Å². The maximum absolute atomic E-state index is 15.0. The van der Waals surface area contributed by atoms with Gasteiger partial charge in [-0.2, -0.15) is 5.10 Å². The van der Waals surface area contributed by atoms with Gasteiger partial charge in [-0.3, -0.25) is 39.7 Å². The summed E-state index contributed by atoms with van der Waals surface area (Å²) in [6, 6.07) is 11.6. The lowest BCUT2D eigenvalue weighted by molar-refractivity contribution is -0.134. The van der Waals surface area contributed by atoms with Crippen molar-refractivity contribution < 1.29 is 32.7 Å². The van der Waals surface area contributed by atoms with E-state index in [4.69, 9.17) is 9.72 Å². The predicted octanol–water partition coefficient (Wildman–Crippen LogP) is 5.78. The number of fused-ring (bicyclic) bond motifs is 7. The highest BCUT2D eigenvalue weighted by atomic mass is 19.1. The number of imidazole rings is 1. The first-order valence-corrected chi connectivity index (χ1v) is 20.7. The molecule has 4 amide bonds. The minimum atomic E-state index is -1.01. The number of anilines is 1. The molecule has 0 spiro atoms. The van der Waals surface area contributed by atoms with Gasteiger partial charge in [0.05, 0.1) is 41.0 Å². The van der Waals surface area contributed by atoms with Gasteiger partial charge in [0.25, 0.3) is 11.8 Å². The van der Waals surface area contributed by atoms with Gasteiger partial charge >= 0.3 is 0 Å². The molecule has 5 aromatic rings. The fraction of sp³-hybridized carbons (Fsp3) is 0.432. The van der Waals surface area contributed by atoms with E-state index in [0.29, 0.717) is 103 Å². The number of ether oxygens (including phenoxy) is 1. The number of nitrogens with zero attached hydrogens (tertiary/aromatic N) is 7. The second-order valence-corrected chi connectivity index (χ2v) is 16.2. The number of piperidine rings is 1. The van der Waals surface area contributed by atoms with Crippen molar-refractivity contribution in [3.63, 3.8) is 0 Å². The second-order valence-electron chi connectivity index (χ2n) is 16.2. The van der Waals surface area contributed by atoms with Crippen LogP contribution < -0.4 is 15.4 Å². The molecule has 2 saturated heterocycles. The van der Waals surface area contributed by atoms with Crippen LogP contribution in [0.5, 0.6) is 5.88 Å². The molecule has 2 aromatic carbocycles. The van der Waals surface area contributed by atoms with Gasteiger partial charge in [-0.05, 0) is 106 Å². The Morgan fingerprint density at radius 2 is 1.73 bits per heavy atom. The number of carbonyl (C=O) groups is 4. The summed E-state index contributed by atoms with van der Waals surface area (Å²) >= 11 is 0. The van der Waals surface area contributed by atoms with Crippen LogP contribution in [0.2, 0.25) is 0 Å². The zero-order chi connectivity index (χ0) is 42.1. The number of imide groups is 1. The minimum Gasteiger partial charge on any atom is -0.477 e. The third-order valence-corrected chi connectivity index (χ3v) is 11.7. The van der Waals surface area contributed by atoms with E-state index in [1.54, 1.807) is 29.1 Å². The maximum atomic E-state index is 15.0. The zero-order valence-corrected chi connectivity index (χ0v) is 34.1. The van der Waals surface area contributed by atoms with Gasteiger partial charge in [-0.1, -0.05) is 6.92 Å². The maximum Gasteiger partial charge on any atom is 0.258 e. The van der Waals surface area contributed by atoms with Crippen molar-refractivity contribution in [1.82, 2.24) is 39.4 Å². The number of carbonyl (C=O) groups excluding carboxylic acids is 4. The minimum absolute atomic E-state index is 0.0471. The topological polar surface area (TPSA) is 157 Å². The Kier molecular flexibility index (Phi) is 11.7. The fourth-order valence-electron chi connectivity index (χ4n) is 8.53. The van der Waals surface area contributed by atoms with Crippen molar-refractivity contribution in [2.24, 2.45) is 13.0 Å². The van der Waals surface area contributed by atoms with Crippen LogP contribution >= 0.6 is 0 Å². The summed E-state index contributed by atoms with van der Waals surface area (Å²) in [6.45, 7) is 8.35. The molecule has 3 aromatic heterocycles. The number of hydrogen-bond donors (Lipinski definition) is 2. The van der Waals surface area contributed by atoms with Gasteiger partial charge in [0.15, 0.2) is 0 Å². The van der Waals surface area contributed by atoms with Gasteiger partial charge in [0, 0.05) is 68.6 Å². The molecule has 6 heterocycles. The number of nitrogens with one attached hydrogen (secondary N) is 2. The molecule has 3 aliphatic rings. The Labute approximate surface area is 346 Å². The van der Waals surface area contributed by atoms with E-state index in [9.17, 15) is 28.0 Å². The number of unbranched alkanes of at least 4 members (excludes halogenated alkanes) is 1. The van der Waals surface area contributed by atoms with Crippen molar-refractivity contribution >= 4 is 40.6 Å². The van der Waals surface area contributed by atoms with Crippen molar-refractivity contribution in [1.29, 1.82) is 0 Å². The molecule has 2 fully saturated rings. The van der Waals surface area contributed by atoms with Crippen LogP contribution in [0.3, 0.4) is 0 Å². The summed E-state index contributed by atoms with van der Waals surface area (Å²) in [4.78, 5) is 65.1. The van der Waals surface area contributed by atoms with Crippen molar-refractivity contribution in [2.75, 3.05) is 44.6 Å². The lowest BCUT2D eigenvalue weighted by Gasteiger charge is -2.34. The zero-order valence-electron chi connectivity index (χ0n) is 34.1. The van der Waals surface area contributed by atoms with Crippen molar-refractivity contribution in [3.8, 4) is 17.1 Å². The van der Waals surface area contributed by atoms with Gasteiger partial charge in [-0.15, -0.1) is 0 Å². The van der Waals surface area contributed by atoms with Crippen LogP contribution in [0.4, 0.5) is 14.7 Å². The molecule has 314 valence electrons. The van der Waals surface area contributed by atoms with Crippen LogP contribution in [-0.2, 0) is 29.6 Å². The molecule has 0 radical (unpaired) electrons. The average molecular weight is 822 g/mol. The summed E-state index contributed by atoms with van der Waals surface area (Å²) in [5.74, 6) is -2.84. The largest absolute Gasteiger partial charge is 0.477 e. The SMILES string of the molecule is Cc1cc2cc(n1)-c1cnn(C)c1OCCC[C@@H](C)Cn1c(nc3ccc(C(=O)N4CCN(CCCCc5cc(F)c([C@H]6CCC(=O)NC6=O)c(F)c5)CC4)cc31)NC2=O. The molecule has 0 saturated carbocycles. The Hall–Kier alpha value is -6.03. The van der Waals surface area contributed by atoms with E-state index in [2.05, 4.69) is 32.5 Å². The number of benzene rings is 2. The highest BCUT2D eigenvalue weighted by Gasteiger charge is 2.33. The number of halogens is 2. The molecule has 0 unspecified atom stereocenters. The van der Waals surface area contributed by atoms with E-state index < -0.39 is 29.4 Å². The Morgan fingerprint density at radius 3 is 2.50 bits per heavy atom. The number of pyridine rings is 1. The first kappa shape index (κ1) is 40.7.